The first-order valence-electron chi connectivity index (χ1n) is 6.24. The highest BCUT2D eigenvalue weighted by Gasteiger charge is 2.12. The number of rotatable bonds is 6. The van der Waals surface area contributed by atoms with Crippen LogP contribution >= 0.6 is 11.3 Å². The smallest absolute Gasteiger partial charge is 0.226 e. The van der Waals surface area contributed by atoms with Crippen LogP contribution in [0.2, 0.25) is 0 Å². The molecule has 2 aromatic heterocycles. The van der Waals surface area contributed by atoms with Gasteiger partial charge in [-0.1, -0.05) is 11.3 Å². The summed E-state index contributed by atoms with van der Waals surface area (Å²) in [4.78, 5) is 15.8. The van der Waals surface area contributed by atoms with Gasteiger partial charge in [-0.3, -0.25) is 9.78 Å². The maximum absolute atomic E-state index is 11.8. The molecule has 2 aromatic rings. The molecule has 0 aliphatic carbocycles. The van der Waals surface area contributed by atoms with Gasteiger partial charge in [-0.15, -0.1) is 10.2 Å². The third kappa shape index (κ3) is 4.07. The summed E-state index contributed by atoms with van der Waals surface area (Å²) < 4.78 is 5.15. The van der Waals surface area contributed by atoms with Gasteiger partial charge in [0.1, 0.15) is 11.1 Å². The van der Waals surface area contributed by atoms with Crippen LogP contribution in [-0.2, 0) is 16.0 Å². The van der Waals surface area contributed by atoms with E-state index in [-0.39, 0.29) is 12.0 Å². The van der Waals surface area contributed by atoms with Crippen molar-refractivity contribution < 1.29 is 9.53 Å². The monoisotopic (exact) mass is 292 g/mol. The number of nitrogens with zero attached hydrogens (tertiary/aromatic N) is 3. The van der Waals surface area contributed by atoms with Gasteiger partial charge in [0.05, 0.1) is 0 Å². The van der Waals surface area contributed by atoms with Crippen molar-refractivity contribution in [2.24, 2.45) is 0 Å². The van der Waals surface area contributed by atoms with E-state index in [9.17, 15) is 4.79 Å². The fourth-order valence-electron chi connectivity index (χ4n) is 1.54. The molecule has 7 heteroatoms. The summed E-state index contributed by atoms with van der Waals surface area (Å²) in [6.07, 6.45) is 4.40. The van der Waals surface area contributed by atoms with Crippen LogP contribution < -0.4 is 5.32 Å². The van der Waals surface area contributed by atoms with E-state index >= 15 is 0 Å². The number of carbonyl (C=O) groups is 1. The summed E-state index contributed by atoms with van der Waals surface area (Å²) in [6, 6.07) is 3.80. The van der Waals surface area contributed by atoms with E-state index in [0.29, 0.717) is 18.0 Å². The number of aromatic nitrogens is 3. The minimum Gasteiger partial charge on any atom is -0.374 e. The number of nitrogens with one attached hydrogen (secondary N) is 1. The molecule has 2 heterocycles. The van der Waals surface area contributed by atoms with Crippen molar-refractivity contribution in [1.29, 1.82) is 0 Å². The Bertz CT molecular complexity index is 559. The number of aryl methyl sites for hydroxylation is 1. The molecule has 2 rings (SSSR count). The normalized spacial score (nSPS) is 12.1. The summed E-state index contributed by atoms with van der Waals surface area (Å²) in [7, 11) is 1.61. The lowest BCUT2D eigenvalue weighted by atomic mass is 10.1. The molecular weight excluding hydrogens is 276 g/mol. The number of hydrogen-bond donors (Lipinski definition) is 1. The lowest BCUT2D eigenvalue weighted by Crippen LogP contribution is -2.12. The number of pyridine rings is 1. The summed E-state index contributed by atoms with van der Waals surface area (Å²) in [5, 5.41) is 11.9. The van der Waals surface area contributed by atoms with Gasteiger partial charge < -0.3 is 10.1 Å². The van der Waals surface area contributed by atoms with E-state index < -0.39 is 0 Å². The number of anilines is 1. The van der Waals surface area contributed by atoms with Crippen LogP contribution in [0, 0.1) is 0 Å². The molecule has 0 bridgehead atoms. The highest BCUT2D eigenvalue weighted by atomic mass is 32.1. The van der Waals surface area contributed by atoms with Crippen molar-refractivity contribution in [3.8, 4) is 0 Å². The maximum Gasteiger partial charge on any atom is 0.226 e. The fourth-order valence-corrected chi connectivity index (χ4v) is 2.33. The van der Waals surface area contributed by atoms with Gasteiger partial charge in [0, 0.05) is 25.9 Å². The average molecular weight is 292 g/mol. The molecule has 0 fully saturated rings. The number of hydrogen-bond acceptors (Lipinski definition) is 6. The van der Waals surface area contributed by atoms with Crippen LogP contribution in [-0.4, -0.2) is 28.2 Å². The Kier molecular flexibility index (Phi) is 5.14. The van der Waals surface area contributed by atoms with Crippen LogP contribution in [0.5, 0.6) is 0 Å². The molecule has 0 saturated carbocycles. The molecule has 0 aliphatic rings. The van der Waals surface area contributed by atoms with Crippen LogP contribution in [0.3, 0.4) is 0 Å². The third-order valence-electron chi connectivity index (χ3n) is 2.78. The van der Waals surface area contributed by atoms with Gasteiger partial charge >= 0.3 is 0 Å². The van der Waals surface area contributed by atoms with Crippen LogP contribution in [0.15, 0.2) is 24.5 Å². The lowest BCUT2D eigenvalue weighted by Gasteiger charge is -2.03. The predicted molar refractivity (Wildman–Crippen MR) is 76.5 cm³/mol. The Morgan fingerprint density at radius 1 is 1.40 bits per heavy atom. The highest BCUT2D eigenvalue weighted by molar-refractivity contribution is 7.15. The van der Waals surface area contributed by atoms with Crippen LogP contribution in [0.25, 0.3) is 0 Å². The largest absolute Gasteiger partial charge is 0.374 e. The molecule has 1 N–H and O–H groups in total. The second-order valence-electron chi connectivity index (χ2n) is 4.23. The zero-order chi connectivity index (χ0) is 14.4. The topological polar surface area (TPSA) is 77.0 Å². The second kappa shape index (κ2) is 7.06. The minimum atomic E-state index is -0.116. The van der Waals surface area contributed by atoms with E-state index in [4.69, 9.17) is 4.74 Å². The first-order chi connectivity index (χ1) is 9.69. The van der Waals surface area contributed by atoms with Crippen molar-refractivity contribution in [2.45, 2.75) is 25.9 Å². The summed E-state index contributed by atoms with van der Waals surface area (Å²) in [5.74, 6) is -0.0745. The van der Waals surface area contributed by atoms with Crippen LogP contribution in [0.4, 0.5) is 5.13 Å². The molecule has 106 valence electrons. The summed E-state index contributed by atoms with van der Waals surface area (Å²) >= 11 is 1.33. The molecule has 0 aromatic carbocycles. The second-order valence-corrected chi connectivity index (χ2v) is 5.24. The summed E-state index contributed by atoms with van der Waals surface area (Å²) in [5.41, 5.74) is 1.08. The Labute approximate surface area is 121 Å². The standard InChI is InChI=1S/C13H16N4O2S/c1-9(19-2)12-16-17-13(20-12)15-11(18)4-3-10-5-7-14-8-6-10/h5-9H,3-4H2,1-2H3,(H,15,17,18). The molecule has 0 spiro atoms. The Morgan fingerprint density at radius 3 is 2.85 bits per heavy atom. The molecule has 1 atom stereocenters. The first kappa shape index (κ1) is 14.5. The van der Waals surface area contributed by atoms with Crippen molar-refractivity contribution in [3.05, 3.63) is 35.1 Å². The van der Waals surface area contributed by atoms with Gasteiger partial charge in [-0.05, 0) is 31.0 Å². The highest BCUT2D eigenvalue weighted by Crippen LogP contribution is 2.23. The molecule has 20 heavy (non-hydrogen) atoms. The molecule has 6 nitrogen and oxygen atoms in total. The van der Waals surface area contributed by atoms with E-state index in [1.54, 1.807) is 19.5 Å². The van der Waals surface area contributed by atoms with E-state index in [2.05, 4.69) is 20.5 Å². The summed E-state index contributed by atoms with van der Waals surface area (Å²) in [6.45, 7) is 1.88. The van der Waals surface area contributed by atoms with Gasteiger partial charge in [-0.2, -0.15) is 0 Å². The zero-order valence-electron chi connectivity index (χ0n) is 11.4. The maximum atomic E-state index is 11.8. The van der Waals surface area contributed by atoms with E-state index in [1.807, 2.05) is 19.1 Å². The molecule has 0 aliphatic heterocycles. The van der Waals surface area contributed by atoms with Crippen LogP contribution in [0.1, 0.15) is 30.0 Å². The number of ether oxygens (including phenoxy) is 1. The van der Waals surface area contributed by atoms with Gasteiger partial charge in [-0.25, -0.2) is 0 Å². The fraction of sp³-hybridized carbons (Fsp3) is 0.385. The van der Waals surface area contributed by atoms with Crippen molar-refractivity contribution in [3.63, 3.8) is 0 Å². The Morgan fingerprint density at radius 2 is 2.15 bits per heavy atom. The first-order valence-corrected chi connectivity index (χ1v) is 7.05. The van der Waals surface area contributed by atoms with Gasteiger partial charge in [0.2, 0.25) is 11.0 Å². The van der Waals surface area contributed by atoms with Crippen molar-refractivity contribution >= 4 is 22.4 Å². The Balaban J connectivity index is 1.84. The van der Waals surface area contributed by atoms with E-state index in [0.717, 1.165) is 10.6 Å². The minimum absolute atomic E-state index is 0.0745. The molecule has 1 amide bonds. The van der Waals surface area contributed by atoms with E-state index in [1.165, 1.54) is 11.3 Å². The molecule has 0 radical (unpaired) electrons. The quantitative estimate of drug-likeness (QED) is 0.883. The van der Waals surface area contributed by atoms with Crippen molar-refractivity contribution in [1.82, 2.24) is 15.2 Å². The molecule has 0 saturated heterocycles. The van der Waals surface area contributed by atoms with Crippen molar-refractivity contribution in [2.75, 3.05) is 12.4 Å². The molecule has 1 unspecified atom stereocenters. The Hall–Kier alpha value is -1.86. The zero-order valence-corrected chi connectivity index (χ0v) is 12.2. The van der Waals surface area contributed by atoms with Gasteiger partial charge in [0.25, 0.3) is 0 Å². The SMILES string of the molecule is COC(C)c1nnc(NC(=O)CCc2ccncc2)s1. The van der Waals surface area contributed by atoms with Gasteiger partial charge in [0.15, 0.2) is 0 Å². The lowest BCUT2D eigenvalue weighted by molar-refractivity contribution is -0.116. The number of amides is 1. The third-order valence-corrected chi connectivity index (χ3v) is 3.78. The molecular formula is C13H16N4O2S. The predicted octanol–water partition coefficient (Wildman–Crippen LogP) is 2.21. The number of methoxy groups -OCH3 is 1. The number of carbonyl (C=O) groups excluding carboxylic acids is 1. The average Bonchev–Trinajstić information content (AvgIpc) is 2.94.